The molecule has 0 bridgehead atoms. The van der Waals surface area contributed by atoms with Gasteiger partial charge in [-0.3, -0.25) is 9.45 Å². The molecule has 2 N–H and O–H groups in total. The molecule has 0 fully saturated rings. The van der Waals surface area contributed by atoms with E-state index < -0.39 is 15.5 Å². The molecule has 0 aliphatic rings. The molecule has 0 aromatic heterocycles. The molecule has 0 amide bonds. The zero-order valence-electron chi connectivity index (χ0n) is 7.27. The quantitative estimate of drug-likeness (QED) is 0.474. The molecule has 0 aromatic rings. The van der Waals surface area contributed by atoms with Gasteiger partial charge in [-0.2, -0.15) is 8.42 Å². The normalized spacial score (nSPS) is 15.1. The molecule has 1 unspecified atom stereocenters. The molecular weight excluding hydrogens is 182 g/mol. The summed E-state index contributed by atoms with van der Waals surface area (Å²) in [5, 5.41) is 7.75. The highest BCUT2D eigenvalue weighted by atomic mass is 32.2. The first kappa shape index (κ1) is 11.8. The summed E-state index contributed by atoms with van der Waals surface area (Å²) >= 11 is 0. The predicted molar refractivity (Wildman–Crippen MR) is 45.1 cm³/mol. The van der Waals surface area contributed by atoms with Crippen LogP contribution in [0.2, 0.25) is 0 Å². The third-order valence-electron chi connectivity index (χ3n) is 1.69. The van der Waals surface area contributed by atoms with Gasteiger partial charge in [0.05, 0.1) is 6.73 Å². The minimum absolute atomic E-state index is 0.257. The van der Waals surface area contributed by atoms with Gasteiger partial charge in [-0.25, -0.2) is 0 Å². The van der Waals surface area contributed by atoms with Crippen molar-refractivity contribution in [3.05, 3.63) is 0 Å². The molecular formula is C6H15NO4S. The number of nitrogens with zero attached hydrogens (tertiary/aromatic N) is 1. The van der Waals surface area contributed by atoms with Crippen LogP contribution >= 0.6 is 0 Å². The monoisotopic (exact) mass is 197 g/mol. The van der Waals surface area contributed by atoms with E-state index >= 15 is 0 Å². The van der Waals surface area contributed by atoms with E-state index in [1.165, 1.54) is 4.90 Å². The summed E-state index contributed by atoms with van der Waals surface area (Å²) in [5.74, 6) is 0. The number of aliphatic hydroxyl groups is 1. The molecule has 0 radical (unpaired) electrons. The first-order valence-corrected chi connectivity index (χ1v) is 5.28. The third kappa shape index (κ3) is 3.06. The molecule has 5 nitrogen and oxygen atoms in total. The Balaban J connectivity index is 4.54. The average Bonchev–Trinajstić information content (AvgIpc) is 1.97. The Morgan fingerprint density at radius 1 is 1.42 bits per heavy atom. The molecule has 0 saturated carbocycles. The largest absolute Gasteiger partial charge is 0.381 e. The lowest BCUT2D eigenvalue weighted by Crippen LogP contribution is -2.40. The molecule has 0 saturated heterocycles. The second kappa shape index (κ2) is 4.76. The van der Waals surface area contributed by atoms with Crippen LogP contribution in [0.4, 0.5) is 0 Å². The highest BCUT2D eigenvalue weighted by Gasteiger charge is 2.26. The molecule has 0 spiro atoms. The summed E-state index contributed by atoms with van der Waals surface area (Å²) in [5.41, 5.74) is 0. The van der Waals surface area contributed by atoms with Crippen molar-refractivity contribution in [1.29, 1.82) is 0 Å². The number of aliphatic hydroxyl groups excluding tert-OH is 1. The zero-order chi connectivity index (χ0) is 9.78. The predicted octanol–water partition coefficient (Wildman–Crippen LogP) is -0.118. The van der Waals surface area contributed by atoms with E-state index in [1.54, 1.807) is 13.8 Å². The Morgan fingerprint density at radius 2 is 1.92 bits per heavy atom. The maximum Gasteiger partial charge on any atom is 0.281 e. The Labute approximate surface area is 72.7 Å². The lowest BCUT2D eigenvalue weighted by atomic mass is 10.4. The molecule has 12 heavy (non-hydrogen) atoms. The summed E-state index contributed by atoms with van der Waals surface area (Å²) < 4.78 is 30.2. The molecule has 0 aromatic carbocycles. The number of rotatable bonds is 5. The van der Waals surface area contributed by atoms with Crippen molar-refractivity contribution >= 4 is 10.1 Å². The van der Waals surface area contributed by atoms with Crippen molar-refractivity contribution < 1.29 is 18.1 Å². The van der Waals surface area contributed by atoms with E-state index in [0.717, 1.165) is 0 Å². The summed E-state index contributed by atoms with van der Waals surface area (Å²) in [4.78, 5) is 1.27. The van der Waals surface area contributed by atoms with Crippen LogP contribution in [0.1, 0.15) is 20.3 Å². The van der Waals surface area contributed by atoms with Gasteiger partial charge in [0.2, 0.25) is 0 Å². The first-order valence-electron chi connectivity index (χ1n) is 3.78. The van der Waals surface area contributed by atoms with Crippen LogP contribution in [0.5, 0.6) is 0 Å². The van der Waals surface area contributed by atoms with Crippen LogP contribution in [0.15, 0.2) is 0 Å². The third-order valence-corrected chi connectivity index (χ3v) is 3.01. The van der Waals surface area contributed by atoms with Gasteiger partial charge >= 0.3 is 0 Å². The van der Waals surface area contributed by atoms with Gasteiger partial charge in [0.15, 0.2) is 0 Å². The standard InChI is InChI=1S/C6H15NO4S/c1-3-6(12(9,10)11)7(4-2)5-8/h6,8H,3-5H2,1-2H3,(H,9,10,11). The van der Waals surface area contributed by atoms with Gasteiger partial charge in [0, 0.05) is 0 Å². The molecule has 0 aliphatic heterocycles. The molecule has 0 heterocycles. The van der Waals surface area contributed by atoms with E-state index in [-0.39, 0.29) is 13.2 Å². The van der Waals surface area contributed by atoms with Crippen LogP contribution in [-0.2, 0) is 10.1 Å². The Morgan fingerprint density at radius 3 is 2.00 bits per heavy atom. The van der Waals surface area contributed by atoms with Crippen LogP contribution in [-0.4, -0.2) is 41.6 Å². The van der Waals surface area contributed by atoms with E-state index in [1.807, 2.05) is 0 Å². The van der Waals surface area contributed by atoms with E-state index in [0.29, 0.717) is 6.54 Å². The van der Waals surface area contributed by atoms with Gasteiger partial charge in [-0.05, 0) is 13.0 Å². The van der Waals surface area contributed by atoms with Crippen molar-refractivity contribution in [2.24, 2.45) is 0 Å². The summed E-state index contributed by atoms with van der Waals surface area (Å²) in [7, 11) is -4.07. The SMILES string of the molecule is CCC(N(CC)CO)S(=O)(=O)O. The average molecular weight is 197 g/mol. The number of hydrogen-bond acceptors (Lipinski definition) is 4. The van der Waals surface area contributed by atoms with E-state index in [9.17, 15) is 8.42 Å². The summed E-state index contributed by atoms with van der Waals surface area (Å²) in [6.45, 7) is 3.37. The van der Waals surface area contributed by atoms with Crippen molar-refractivity contribution in [1.82, 2.24) is 4.90 Å². The maximum absolute atomic E-state index is 10.7. The lowest BCUT2D eigenvalue weighted by molar-refractivity contribution is 0.0947. The minimum atomic E-state index is -4.07. The second-order valence-corrected chi connectivity index (χ2v) is 4.00. The van der Waals surface area contributed by atoms with Gasteiger partial charge in [0.25, 0.3) is 10.1 Å². The van der Waals surface area contributed by atoms with Crippen molar-refractivity contribution in [2.45, 2.75) is 25.6 Å². The zero-order valence-corrected chi connectivity index (χ0v) is 8.08. The van der Waals surface area contributed by atoms with Gasteiger partial charge in [-0.15, -0.1) is 0 Å². The highest BCUT2D eigenvalue weighted by Crippen LogP contribution is 2.08. The van der Waals surface area contributed by atoms with Crippen LogP contribution in [0.3, 0.4) is 0 Å². The Kier molecular flexibility index (Phi) is 4.69. The summed E-state index contributed by atoms with van der Waals surface area (Å²) in [6, 6.07) is 0. The van der Waals surface area contributed by atoms with Crippen molar-refractivity contribution in [3.8, 4) is 0 Å². The molecule has 6 heteroatoms. The topological polar surface area (TPSA) is 77.8 Å². The van der Waals surface area contributed by atoms with Crippen LogP contribution in [0, 0.1) is 0 Å². The molecule has 74 valence electrons. The van der Waals surface area contributed by atoms with Gasteiger partial charge in [-0.1, -0.05) is 13.8 Å². The fourth-order valence-corrected chi connectivity index (χ4v) is 2.07. The molecule has 0 rings (SSSR count). The van der Waals surface area contributed by atoms with Crippen LogP contribution in [0.25, 0.3) is 0 Å². The summed E-state index contributed by atoms with van der Waals surface area (Å²) in [6.07, 6.45) is 0.257. The maximum atomic E-state index is 10.7. The fourth-order valence-electron chi connectivity index (χ4n) is 1.05. The van der Waals surface area contributed by atoms with Crippen LogP contribution < -0.4 is 0 Å². The van der Waals surface area contributed by atoms with E-state index in [2.05, 4.69) is 0 Å². The first-order chi connectivity index (χ1) is 5.47. The minimum Gasteiger partial charge on any atom is -0.381 e. The van der Waals surface area contributed by atoms with E-state index in [4.69, 9.17) is 9.66 Å². The molecule has 1 atom stereocenters. The fraction of sp³-hybridized carbons (Fsp3) is 1.00. The Bertz CT molecular complexity index is 210. The van der Waals surface area contributed by atoms with Gasteiger partial charge in [0.1, 0.15) is 5.37 Å². The van der Waals surface area contributed by atoms with Crippen molar-refractivity contribution in [2.75, 3.05) is 13.3 Å². The smallest absolute Gasteiger partial charge is 0.281 e. The lowest BCUT2D eigenvalue weighted by Gasteiger charge is -2.24. The number of hydrogen-bond donors (Lipinski definition) is 2. The Hall–Kier alpha value is -0.170. The highest BCUT2D eigenvalue weighted by molar-refractivity contribution is 7.86. The van der Waals surface area contributed by atoms with Crippen molar-refractivity contribution in [3.63, 3.8) is 0 Å². The second-order valence-electron chi connectivity index (χ2n) is 2.42. The molecule has 0 aliphatic carbocycles. The van der Waals surface area contributed by atoms with Gasteiger partial charge < -0.3 is 5.11 Å².